The fraction of sp³-hybridized carbons (Fsp3) is 0.385. The van der Waals surface area contributed by atoms with Crippen molar-refractivity contribution in [3.8, 4) is 22.7 Å². The van der Waals surface area contributed by atoms with Gasteiger partial charge in [0, 0.05) is 47.4 Å². The lowest BCUT2D eigenvalue weighted by Gasteiger charge is -2.48. The lowest BCUT2D eigenvalue weighted by atomic mass is 9.79. The van der Waals surface area contributed by atoms with E-state index in [0.717, 1.165) is 29.4 Å². The number of aromatic nitrogens is 6. The number of piperidine rings is 1. The Morgan fingerprint density at radius 1 is 1.08 bits per heavy atom. The third-order valence-electron chi connectivity index (χ3n) is 6.62. The Bertz CT molecular complexity index is 1380. The molecule has 1 fully saturated rings. The summed E-state index contributed by atoms with van der Waals surface area (Å²) in [6, 6.07) is 7.61. The van der Waals surface area contributed by atoms with Gasteiger partial charge in [0.1, 0.15) is 11.4 Å². The molecule has 1 aromatic carbocycles. The van der Waals surface area contributed by atoms with Crippen molar-refractivity contribution in [2.45, 2.75) is 57.7 Å². The lowest BCUT2D eigenvalue weighted by Crippen LogP contribution is -2.62. The first kappa shape index (κ1) is 23.8. The van der Waals surface area contributed by atoms with Gasteiger partial charge in [-0.3, -0.25) is 9.78 Å². The molecule has 1 N–H and O–H groups in total. The maximum atomic E-state index is 11.3. The molecule has 1 saturated heterocycles. The van der Waals surface area contributed by atoms with Gasteiger partial charge in [0.2, 0.25) is 5.95 Å². The molecule has 186 valence electrons. The van der Waals surface area contributed by atoms with Gasteiger partial charge in [0.05, 0.1) is 29.8 Å². The van der Waals surface area contributed by atoms with E-state index in [0.29, 0.717) is 29.4 Å². The first-order valence-corrected chi connectivity index (χ1v) is 11.9. The summed E-state index contributed by atoms with van der Waals surface area (Å²) >= 11 is 0. The van der Waals surface area contributed by atoms with Crippen LogP contribution in [0.2, 0.25) is 0 Å². The summed E-state index contributed by atoms with van der Waals surface area (Å²) in [5.74, 6) is 0.899. The molecule has 1 aliphatic rings. The van der Waals surface area contributed by atoms with Crippen LogP contribution in [0.1, 0.15) is 40.5 Å². The molecule has 0 amide bonds. The maximum absolute atomic E-state index is 11.3. The lowest BCUT2D eigenvalue weighted by molar-refractivity contribution is -0.120. The van der Waals surface area contributed by atoms with Crippen molar-refractivity contribution < 1.29 is 9.53 Å². The Labute approximate surface area is 209 Å². The zero-order valence-corrected chi connectivity index (χ0v) is 21.1. The number of rotatable bonds is 6. The number of nitrogens with one attached hydrogen (secondary N) is 1. The summed E-state index contributed by atoms with van der Waals surface area (Å²) < 4.78 is 7.05. The molecule has 0 atom stereocenters. The van der Waals surface area contributed by atoms with Crippen molar-refractivity contribution in [1.82, 2.24) is 35.3 Å². The van der Waals surface area contributed by atoms with Crippen LogP contribution < -0.4 is 15.0 Å². The molecule has 10 nitrogen and oxygen atoms in total. The minimum absolute atomic E-state index is 0.00677. The Morgan fingerprint density at radius 3 is 2.56 bits per heavy atom. The summed E-state index contributed by atoms with van der Waals surface area (Å²) in [5.41, 5.74) is 2.71. The molecule has 1 aliphatic heterocycles. The van der Waals surface area contributed by atoms with Crippen LogP contribution in [0, 0.1) is 0 Å². The molecule has 0 bridgehead atoms. The Balaban J connectivity index is 1.43. The summed E-state index contributed by atoms with van der Waals surface area (Å²) in [6.07, 6.45) is 8.82. The number of hydrogen-bond donors (Lipinski definition) is 1. The van der Waals surface area contributed by atoms with Crippen molar-refractivity contribution >= 4 is 23.3 Å². The molecule has 36 heavy (non-hydrogen) atoms. The predicted molar refractivity (Wildman–Crippen MR) is 137 cm³/mol. The quantitative estimate of drug-likeness (QED) is 0.409. The molecular weight excluding hydrogens is 456 g/mol. The van der Waals surface area contributed by atoms with E-state index in [4.69, 9.17) is 4.74 Å². The van der Waals surface area contributed by atoms with Gasteiger partial charge in [0.15, 0.2) is 0 Å². The van der Waals surface area contributed by atoms with Crippen LogP contribution in [-0.2, 0) is 4.79 Å². The van der Waals surface area contributed by atoms with Gasteiger partial charge < -0.3 is 15.0 Å². The van der Waals surface area contributed by atoms with E-state index in [1.54, 1.807) is 35.5 Å². The second-order valence-electron chi connectivity index (χ2n) is 10.6. The predicted octanol–water partition coefficient (Wildman–Crippen LogP) is 3.55. The van der Waals surface area contributed by atoms with Gasteiger partial charge in [-0.05, 0) is 58.7 Å². The number of ether oxygens (including phenoxy) is 1. The van der Waals surface area contributed by atoms with Gasteiger partial charge in [-0.15, -0.1) is 10.2 Å². The van der Waals surface area contributed by atoms with Crippen molar-refractivity contribution in [2.75, 3.05) is 11.9 Å². The van der Waals surface area contributed by atoms with Crippen LogP contribution in [0.4, 0.5) is 5.95 Å². The van der Waals surface area contributed by atoms with Gasteiger partial charge in [-0.25, -0.2) is 9.67 Å². The summed E-state index contributed by atoms with van der Waals surface area (Å²) in [6.45, 7) is 9.28. The summed E-state index contributed by atoms with van der Waals surface area (Å²) in [5, 5.41) is 18.0. The first-order chi connectivity index (χ1) is 17.2. The van der Waals surface area contributed by atoms with E-state index >= 15 is 0 Å². The average Bonchev–Trinajstić information content (AvgIpc) is 3.26. The monoisotopic (exact) mass is 486 g/mol. The van der Waals surface area contributed by atoms with E-state index in [1.807, 2.05) is 25.2 Å². The number of benzene rings is 1. The van der Waals surface area contributed by atoms with Gasteiger partial charge >= 0.3 is 0 Å². The number of fused-ring (bicyclic) bond motifs is 1. The number of anilines is 1. The van der Waals surface area contributed by atoms with Crippen LogP contribution in [-0.4, -0.2) is 60.6 Å². The highest BCUT2D eigenvalue weighted by molar-refractivity contribution is 5.80. The second kappa shape index (κ2) is 8.94. The highest BCUT2D eigenvalue weighted by atomic mass is 16.5. The van der Waals surface area contributed by atoms with Crippen molar-refractivity contribution in [2.24, 2.45) is 0 Å². The minimum atomic E-state index is 0.00677. The van der Waals surface area contributed by atoms with Crippen LogP contribution >= 0.6 is 0 Å². The van der Waals surface area contributed by atoms with E-state index in [1.165, 1.54) is 0 Å². The summed E-state index contributed by atoms with van der Waals surface area (Å²) in [7, 11) is 2.01. The van der Waals surface area contributed by atoms with Crippen LogP contribution in [0.3, 0.4) is 0 Å². The smallest absolute Gasteiger partial charge is 0.298 e. The number of pyridine rings is 1. The Kier molecular flexibility index (Phi) is 5.91. The third kappa shape index (κ3) is 4.64. The van der Waals surface area contributed by atoms with E-state index in [2.05, 4.69) is 63.2 Å². The van der Waals surface area contributed by atoms with Crippen LogP contribution in [0.15, 0.2) is 49.1 Å². The molecule has 4 aromatic rings. The molecule has 0 aliphatic carbocycles. The number of hydrogen-bond acceptors (Lipinski definition) is 9. The number of carbonyl (C=O) groups is 1. The molecule has 0 saturated carbocycles. The Morgan fingerprint density at radius 2 is 1.86 bits per heavy atom. The molecule has 0 unspecified atom stereocenters. The van der Waals surface area contributed by atoms with Crippen LogP contribution in [0.25, 0.3) is 27.8 Å². The van der Waals surface area contributed by atoms with E-state index < -0.39 is 0 Å². The molecule has 0 radical (unpaired) electrons. The number of carbonyl (C=O) groups excluding carboxylic acids is 1. The summed E-state index contributed by atoms with van der Waals surface area (Å²) in [4.78, 5) is 22.2. The zero-order valence-electron chi connectivity index (χ0n) is 21.1. The molecular formula is C26H30N8O2. The largest absolute Gasteiger partial charge is 0.428 e. The SMILES string of the molecule is CN(c1ncc(-c2ccc(-n3ncc4ccncc43)cc2OC=O)nn1)C1CC(C)(C)NC(C)(C)C1. The molecule has 10 heteroatoms. The second-order valence-corrected chi connectivity index (χ2v) is 10.6. The molecule has 3 aromatic heterocycles. The van der Waals surface area contributed by atoms with Crippen LogP contribution in [0.5, 0.6) is 5.75 Å². The van der Waals surface area contributed by atoms with Gasteiger partial charge in [-0.2, -0.15) is 5.10 Å². The molecule has 4 heterocycles. The van der Waals surface area contributed by atoms with Crippen molar-refractivity contribution in [1.29, 1.82) is 0 Å². The fourth-order valence-corrected chi connectivity index (χ4v) is 5.33. The Hall–Kier alpha value is -3.92. The van der Waals surface area contributed by atoms with Crippen molar-refractivity contribution in [3.05, 3.63) is 49.1 Å². The fourth-order valence-electron chi connectivity index (χ4n) is 5.33. The highest BCUT2D eigenvalue weighted by Crippen LogP contribution is 2.34. The standard InChI is InChI=1S/C26H30N8O2/c1-25(2)11-19(12-26(3,4)32-25)33(5)24-28-14-21(30-31-24)20-7-6-18(10-23(20)36-16-35)34-22-15-27-9-8-17(22)13-29-34/h6-10,13-16,19,32H,11-12H2,1-5H3. The first-order valence-electron chi connectivity index (χ1n) is 11.9. The average molecular weight is 487 g/mol. The normalized spacial score (nSPS) is 17.1. The van der Waals surface area contributed by atoms with E-state index in [9.17, 15) is 4.79 Å². The topological polar surface area (TPSA) is 111 Å². The molecule has 0 spiro atoms. The number of nitrogens with zero attached hydrogens (tertiary/aromatic N) is 7. The van der Waals surface area contributed by atoms with Crippen molar-refractivity contribution in [3.63, 3.8) is 0 Å². The van der Waals surface area contributed by atoms with Gasteiger partial charge in [-0.1, -0.05) is 0 Å². The third-order valence-corrected chi connectivity index (χ3v) is 6.62. The minimum Gasteiger partial charge on any atom is -0.428 e. The van der Waals surface area contributed by atoms with Gasteiger partial charge in [0.25, 0.3) is 6.47 Å². The maximum Gasteiger partial charge on any atom is 0.298 e. The molecule has 5 rings (SSSR count). The highest BCUT2D eigenvalue weighted by Gasteiger charge is 2.39. The van der Waals surface area contributed by atoms with E-state index in [-0.39, 0.29) is 17.1 Å². The zero-order chi connectivity index (χ0) is 25.5.